The molecule has 0 radical (unpaired) electrons. The highest BCUT2D eigenvalue weighted by Gasteiger charge is 2.46. The predicted molar refractivity (Wildman–Crippen MR) is 52.2 cm³/mol. The van der Waals surface area contributed by atoms with Gasteiger partial charge in [0.2, 0.25) is 0 Å². The van der Waals surface area contributed by atoms with Gasteiger partial charge in [-0.3, -0.25) is 4.79 Å². The van der Waals surface area contributed by atoms with E-state index in [2.05, 4.69) is 5.32 Å². The second kappa shape index (κ2) is 3.68. The van der Waals surface area contributed by atoms with E-state index in [9.17, 15) is 9.59 Å². The number of carbonyl (C=O) groups is 2. The van der Waals surface area contributed by atoms with Crippen molar-refractivity contribution < 1.29 is 19.4 Å². The average molecular weight is 219 g/mol. The van der Waals surface area contributed by atoms with E-state index in [1.54, 1.807) is 20.8 Å². The predicted octanol–water partition coefficient (Wildman–Crippen LogP) is 1.04. The van der Waals surface area contributed by atoms with Crippen molar-refractivity contribution in [3.63, 3.8) is 0 Å². The van der Waals surface area contributed by atoms with Crippen molar-refractivity contribution >= 4 is 23.8 Å². The van der Waals surface area contributed by atoms with Crippen LogP contribution in [0.1, 0.15) is 20.8 Å². The second-order valence-corrected chi connectivity index (χ2v) is 5.25. The van der Waals surface area contributed by atoms with E-state index in [4.69, 9.17) is 9.84 Å². The van der Waals surface area contributed by atoms with Crippen molar-refractivity contribution in [1.29, 1.82) is 0 Å². The number of carboxylic acid groups (broad SMARTS) is 1. The van der Waals surface area contributed by atoms with Crippen molar-refractivity contribution in [3.8, 4) is 0 Å². The maximum absolute atomic E-state index is 11.1. The van der Waals surface area contributed by atoms with Crippen LogP contribution in [0, 0.1) is 0 Å². The number of alkyl carbamates (subject to hydrolysis) is 1. The fourth-order valence-electron chi connectivity index (χ4n) is 0.834. The molecule has 0 aromatic carbocycles. The zero-order valence-electron chi connectivity index (χ0n) is 8.23. The van der Waals surface area contributed by atoms with Crippen LogP contribution < -0.4 is 5.32 Å². The molecule has 0 spiro atoms. The fourth-order valence-corrected chi connectivity index (χ4v) is 1.52. The Kier molecular flexibility index (Phi) is 2.94. The smallest absolute Gasteiger partial charge is 0.408 e. The minimum Gasteiger partial charge on any atom is -0.480 e. The molecule has 14 heavy (non-hydrogen) atoms. The number of hydrogen-bond acceptors (Lipinski definition) is 4. The SMILES string of the molecule is CC(C)(C)OC(=O)NC1SC1C(=O)O. The summed E-state index contributed by atoms with van der Waals surface area (Å²) in [5, 5.41) is 10.1. The van der Waals surface area contributed by atoms with Gasteiger partial charge in [0, 0.05) is 0 Å². The Morgan fingerprint density at radius 2 is 2.00 bits per heavy atom. The molecule has 1 aliphatic rings. The molecule has 0 aromatic rings. The first-order valence-corrected chi connectivity index (χ1v) is 5.12. The van der Waals surface area contributed by atoms with Gasteiger partial charge in [-0.15, -0.1) is 11.8 Å². The van der Waals surface area contributed by atoms with E-state index in [0.29, 0.717) is 0 Å². The summed E-state index contributed by atoms with van der Waals surface area (Å²) in [5.74, 6) is -0.906. The zero-order chi connectivity index (χ0) is 10.9. The van der Waals surface area contributed by atoms with E-state index in [0.717, 1.165) is 0 Å². The number of hydrogen-bond donors (Lipinski definition) is 2. The van der Waals surface area contributed by atoms with Gasteiger partial charge in [-0.2, -0.15) is 0 Å². The molecule has 0 aromatic heterocycles. The van der Waals surface area contributed by atoms with Gasteiger partial charge < -0.3 is 15.2 Å². The maximum Gasteiger partial charge on any atom is 0.408 e. The van der Waals surface area contributed by atoms with Crippen LogP contribution in [-0.2, 0) is 9.53 Å². The van der Waals surface area contributed by atoms with Crippen molar-refractivity contribution in [2.45, 2.75) is 37.0 Å². The van der Waals surface area contributed by atoms with Crippen LogP contribution in [0.25, 0.3) is 0 Å². The summed E-state index contributed by atoms with van der Waals surface area (Å²) in [5.41, 5.74) is -0.553. The highest BCUT2D eigenvalue weighted by atomic mass is 32.2. The van der Waals surface area contributed by atoms with Crippen LogP contribution in [0.5, 0.6) is 0 Å². The number of carbonyl (C=O) groups excluding carboxylic acids is 1. The Balaban J connectivity index is 2.27. The number of nitrogens with one attached hydrogen (secondary N) is 1. The molecule has 1 fully saturated rings. The quantitative estimate of drug-likeness (QED) is 0.678. The molecule has 0 bridgehead atoms. The lowest BCUT2D eigenvalue weighted by Crippen LogP contribution is -2.35. The molecule has 6 heteroatoms. The monoisotopic (exact) mass is 219 g/mol. The third-order valence-corrected chi connectivity index (χ3v) is 2.53. The van der Waals surface area contributed by atoms with Gasteiger partial charge in [0.25, 0.3) is 0 Å². The first-order valence-electron chi connectivity index (χ1n) is 4.17. The van der Waals surface area contributed by atoms with Crippen molar-refractivity contribution in [3.05, 3.63) is 0 Å². The number of rotatable bonds is 2. The van der Waals surface area contributed by atoms with Crippen LogP contribution in [0.3, 0.4) is 0 Å². The Morgan fingerprint density at radius 3 is 2.36 bits per heavy atom. The summed E-state index contributed by atoms with van der Waals surface area (Å²) in [7, 11) is 0. The largest absolute Gasteiger partial charge is 0.480 e. The number of aliphatic carboxylic acids is 1. The molecule has 0 saturated carbocycles. The molecule has 80 valence electrons. The summed E-state index contributed by atoms with van der Waals surface area (Å²) >= 11 is 1.19. The molecule has 0 aliphatic carbocycles. The molecule has 2 atom stereocenters. The van der Waals surface area contributed by atoms with E-state index in [1.807, 2.05) is 0 Å². The molecule has 2 N–H and O–H groups in total. The van der Waals surface area contributed by atoms with Gasteiger partial charge in [-0.25, -0.2) is 4.79 Å². The van der Waals surface area contributed by atoms with Crippen molar-refractivity contribution in [2.24, 2.45) is 0 Å². The molecular formula is C8H13NO4S. The van der Waals surface area contributed by atoms with E-state index >= 15 is 0 Å². The van der Waals surface area contributed by atoms with E-state index < -0.39 is 22.9 Å². The van der Waals surface area contributed by atoms with Gasteiger partial charge in [0.15, 0.2) is 0 Å². The minimum absolute atomic E-state index is 0.345. The van der Waals surface area contributed by atoms with Crippen LogP contribution in [0.4, 0.5) is 4.79 Å². The van der Waals surface area contributed by atoms with E-state index in [-0.39, 0.29) is 5.37 Å². The third kappa shape index (κ3) is 3.45. The topological polar surface area (TPSA) is 75.6 Å². The Hall–Kier alpha value is -0.910. The third-order valence-electron chi connectivity index (χ3n) is 1.39. The van der Waals surface area contributed by atoms with Crippen LogP contribution in [0.15, 0.2) is 0 Å². The standard InChI is InChI=1S/C8H13NO4S/c1-8(2,3)13-7(12)9-5-4(14-5)6(10)11/h4-5H,1-3H3,(H,9,12)(H,10,11). The average Bonchev–Trinajstić information content (AvgIpc) is 2.61. The number of amides is 1. The minimum atomic E-state index is -0.906. The first-order chi connectivity index (χ1) is 6.29. The first kappa shape index (κ1) is 11.2. The Labute approximate surface area is 86.2 Å². The highest BCUT2D eigenvalue weighted by Crippen LogP contribution is 2.39. The zero-order valence-corrected chi connectivity index (χ0v) is 9.05. The molecule has 1 saturated heterocycles. The fraction of sp³-hybridized carbons (Fsp3) is 0.750. The lowest BCUT2D eigenvalue weighted by atomic mass is 10.2. The number of ether oxygens (including phenoxy) is 1. The number of carboxylic acids is 1. The lowest BCUT2D eigenvalue weighted by Gasteiger charge is -2.19. The summed E-state index contributed by atoms with van der Waals surface area (Å²) in [6, 6.07) is 0. The van der Waals surface area contributed by atoms with Crippen molar-refractivity contribution in [1.82, 2.24) is 5.32 Å². The Bertz CT molecular complexity index is 261. The molecule has 1 heterocycles. The Morgan fingerprint density at radius 1 is 1.43 bits per heavy atom. The highest BCUT2D eigenvalue weighted by molar-refractivity contribution is 8.08. The molecular weight excluding hydrogens is 206 g/mol. The molecule has 1 aliphatic heterocycles. The summed E-state index contributed by atoms with van der Waals surface area (Å²) < 4.78 is 4.96. The molecule has 1 amide bonds. The maximum atomic E-state index is 11.1. The number of thioether (sulfide) groups is 1. The van der Waals surface area contributed by atoms with Crippen LogP contribution >= 0.6 is 11.8 Å². The second-order valence-electron chi connectivity index (χ2n) is 3.96. The van der Waals surface area contributed by atoms with Gasteiger partial charge in [-0.05, 0) is 20.8 Å². The van der Waals surface area contributed by atoms with Crippen LogP contribution in [-0.4, -0.2) is 33.4 Å². The van der Waals surface area contributed by atoms with Gasteiger partial charge in [-0.1, -0.05) is 0 Å². The van der Waals surface area contributed by atoms with Gasteiger partial charge in [0.1, 0.15) is 16.2 Å². The van der Waals surface area contributed by atoms with Gasteiger partial charge >= 0.3 is 12.1 Å². The molecule has 2 unspecified atom stereocenters. The summed E-state index contributed by atoms with van der Waals surface area (Å²) in [6.45, 7) is 5.25. The van der Waals surface area contributed by atoms with Crippen molar-refractivity contribution in [2.75, 3.05) is 0 Å². The van der Waals surface area contributed by atoms with Crippen LogP contribution in [0.2, 0.25) is 0 Å². The molecule has 1 rings (SSSR count). The normalized spacial score (nSPS) is 25.4. The van der Waals surface area contributed by atoms with Gasteiger partial charge in [0.05, 0.1) is 0 Å². The summed E-state index contributed by atoms with van der Waals surface area (Å²) in [4.78, 5) is 21.6. The lowest BCUT2D eigenvalue weighted by molar-refractivity contribution is -0.135. The van der Waals surface area contributed by atoms with E-state index in [1.165, 1.54) is 11.8 Å². The summed E-state index contributed by atoms with van der Waals surface area (Å²) in [6.07, 6.45) is -0.571. The molecule has 5 nitrogen and oxygen atoms in total.